The van der Waals surface area contributed by atoms with Crippen LogP contribution in [0.3, 0.4) is 0 Å². The number of hydrogen-bond acceptors (Lipinski definition) is 4. The summed E-state index contributed by atoms with van der Waals surface area (Å²) in [7, 11) is 1.48. The van der Waals surface area contributed by atoms with E-state index in [9.17, 15) is 13.2 Å². The Kier molecular flexibility index (Phi) is 4.72. The highest BCUT2D eigenvalue weighted by Crippen LogP contribution is 2.29. The topological polar surface area (TPSA) is 34.1 Å². The fraction of sp³-hybridized carbons (Fsp3) is 0.444. The maximum Gasteiger partial charge on any atom is 0.441 e. The first-order valence-electron chi connectivity index (χ1n) is 4.47. The number of ether oxygens (including phenoxy) is 1. The molecule has 1 aromatic rings. The summed E-state index contributed by atoms with van der Waals surface area (Å²) < 4.78 is 40.3. The van der Waals surface area contributed by atoms with Gasteiger partial charge in [-0.2, -0.15) is 18.2 Å². The SMILES string of the molecule is COc1cccc(NCCSC(F)(F)F)n1. The first kappa shape index (κ1) is 13.0. The van der Waals surface area contributed by atoms with E-state index in [0.717, 1.165) is 0 Å². The van der Waals surface area contributed by atoms with Crippen LogP contribution in [-0.2, 0) is 0 Å². The molecule has 0 aliphatic carbocycles. The highest BCUT2D eigenvalue weighted by atomic mass is 32.2. The highest BCUT2D eigenvalue weighted by molar-refractivity contribution is 8.00. The zero-order chi connectivity index (χ0) is 12.0. The van der Waals surface area contributed by atoms with E-state index in [2.05, 4.69) is 10.3 Å². The predicted octanol–water partition coefficient (Wildman–Crippen LogP) is 2.76. The Morgan fingerprint density at radius 1 is 1.44 bits per heavy atom. The van der Waals surface area contributed by atoms with Crippen LogP contribution in [0, 0.1) is 0 Å². The van der Waals surface area contributed by atoms with Crippen molar-refractivity contribution in [3.8, 4) is 5.88 Å². The van der Waals surface area contributed by atoms with Gasteiger partial charge in [0.05, 0.1) is 7.11 Å². The third-order valence-electron chi connectivity index (χ3n) is 1.61. The van der Waals surface area contributed by atoms with Gasteiger partial charge in [-0.15, -0.1) is 0 Å². The number of aromatic nitrogens is 1. The molecule has 1 rings (SSSR count). The lowest BCUT2D eigenvalue weighted by Crippen LogP contribution is -2.10. The van der Waals surface area contributed by atoms with Crippen molar-refractivity contribution in [1.82, 2.24) is 4.98 Å². The summed E-state index contributed by atoms with van der Waals surface area (Å²) in [6.45, 7) is 0.199. The largest absolute Gasteiger partial charge is 0.481 e. The number of methoxy groups -OCH3 is 1. The molecule has 0 aliphatic rings. The zero-order valence-electron chi connectivity index (χ0n) is 8.54. The average molecular weight is 252 g/mol. The summed E-state index contributed by atoms with van der Waals surface area (Å²) in [5.74, 6) is 0.873. The molecule has 1 aromatic heterocycles. The quantitative estimate of drug-likeness (QED) is 0.817. The summed E-state index contributed by atoms with van der Waals surface area (Å²) >= 11 is -0.0588. The molecule has 0 radical (unpaired) electrons. The fourth-order valence-electron chi connectivity index (χ4n) is 0.973. The lowest BCUT2D eigenvalue weighted by molar-refractivity contribution is -0.0327. The molecule has 0 amide bonds. The van der Waals surface area contributed by atoms with Crippen molar-refractivity contribution in [2.24, 2.45) is 0 Å². The van der Waals surface area contributed by atoms with Crippen molar-refractivity contribution in [2.75, 3.05) is 24.7 Å². The fourth-order valence-corrected chi connectivity index (χ4v) is 1.41. The summed E-state index contributed by atoms with van der Waals surface area (Å²) in [6.07, 6.45) is 0. The Balaban J connectivity index is 2.32. The Morgan fingerprint density at radius 3 is 2.81 bits per heavy atom. The average Bonchev–Trinajstić information content (AvgIpc) is 2.23. The molecule has 16 heavy (non-hydrogen) atoms. The smallest absolute Gasteiger partial charge is 0.441 e. The number of alkyl halides is 3. The lowest BCUT2D eigenvalue weighted by atomic mass is 10.4. The molecule has 1 heterocycles. The van der Waals surface area contributed by atoms with E-state index in [0.29, 0.717) is 11.7 Å². The standard InChI is InChI=1S/C9H11F3N2OS/c1-15-8-4-2-3-7(14-8)13-5-6-16-9(10,11)12/h2-4H,5-6H2,1H3,(H,13,14). The number of pyridine rings is 1. The van der Waals surface area contributed by atoms with Crippen molar-refractivity contribution in [2.45, 2.75) is 5.51 Å². The van der Waals surface area contributed by atoms with Gasteiger partial charge in [0.2, 0.25) is 5.88 Å². The molecule has 7 heteroatoms. The zero-order valence-corrected chi connectivity index (χ0v) is 9.36. The Labute approximate surface area is 95.4 Å². The van der Waals surface area contributed by atoms with E-state index in [4.69, 9.17) is 4.74 Å². The first-order valence-corrected chi connectivity index (χ1v) is 5.45. The molecule has 0 atom stereocenters. The number of rotatable bonds is 5. The lowest BCUT2D eigenvalue weighted by Gasteiger charge is -2.08. The minimum Gasteiger partial charge on any atom is -0.481 e. The van der Waals surface area contributed by atoms with Crippen LogP contribution in [0.4, 0.5) is 19.0 Å². The Bertz CT molecular complexity index is 333. The number of thioether (sulfide) groups is 1. The second-order valence-electron chi connectivity index (χ2n) is 2.79. The van der Waals surface area contributed by atoms with Crippen LogP contribution in [0.2, 0.25) is 0 Å². The van der Waals surface area contributed by atoms with Crippen LogP contribution in [0.15, 0.2) is 18.2 Å². The van der Waals surface area contributed by atoms with E-state index in [-0.39, 0.29) is 24.1 Å². The third kappa shape index (κ3) is 5.11. The van der Waals surface area contributed by atoms with Gasteiger partial charge in [0.15, 0.2) is 0 Å². The summed E-state index contributed by atoms with van der Waals surface area (Å²) in [4.78, 5) is 4.00. The molecule has 0 aromatic carbocycles. The Morgan fingerprint density at radius 2 is 2.19 bits per heavy atom. The molecular weight excluding hydrogens is 241 g/mol. The number of hydrogen-bond donors (Lipinski definition) is 1. The monoisotopic (exact) mass is 252 g/mol. The molecule has 1 N–H and O–H groups in total. The van der Waals surface area contributed by atoms with Gasteiger partial charge in [-0.05, 0) is 17.8 Å². The van der Waals surface area contributed by atoms with Crippen molar-refractivity contribution in [3.63, 3.8) is 0 Å². The molecule has 0 saturated heterocycles. The molecule has 3 nitrogen and oxygen atoms in total. The van der Waals surface area contributed by atoms with Crippen LogP contribution < -0.4 is 10.1 Å². The molecule has 90 valence electrons. The van der Waals surface area contributed by atoms with Gasteiger partial charge in [-0.25, -0.2) is 0 Å². The second-order valence-corrected chi connectivity index (χ2v) is 3.95. The van der Waals surface area contributed by atoms with Gasteiger partial charge in [0.1, 0.15) is 5.82 Å². The molecule has 0 bridgehead atoms. The van der Waals surface area contributed by atoms with Crippen molar-refractivity contribution in [1.29, 1.82) is 0 Å². The van der Waals surface area contributed by atoms with Gasteiger partial charge in [-0.1, -0.05) is 6.07 Å². The minimum atomic E-state index is -4.18. The van der Waals surface area contributed by atoms with Crippen LogP contribution in [0.25, 0.3) is 0 Å². The van der Waals surface area contributed by atoms with E-state index in [1.54, 1.807) is 18.2 Å². The van der Waals surface area contributed by atoms with Crippen molar-refractivity contribution < 1.29 is 17.9 Å². The molecular formula is C9H11F3N2OS. The van der Waals surface area contributed by atoms with Gasteiger partial charge in [0.25, 0.3) is 0 Å². The highest BCUT2D eigenvalue weighted by Gasteiger charge is 2.27. The summed E-state index contributed by atoms with van der Waals surface area (Å²) in [6, 6.07) is 5.04. The predicted molar refractivity (Wildman–Crippen MR) is 57.8 cm³/mol. The number of nitrogens with zero attached hydrogens (tertiary/aromatic N) is 1. The molecule has 0 fully saturated rings. The van der Waals surface area contributed by atoms with E-state index < -0.39 is 5.51 Å². The van der Waals surface area contributed by atoms with Crippen LogP contribution in [0.5, 0.6) is 5.88 Å². The molecule has 0 spiro atoms. The van der Waals surface area contributed by atoms with E-state index in [1.807, 2.05) is 0 Å². The van der Waals surface area contributed by atoms with E-state index in [1.165, 1.54) is 7.11 Å². The minimum absolute atomic E-state index is 0.0532. The molecule has 0 unspecified atom stereocenters. The Hall–Kier alpha value is -1.11. The van der Waals surface area contributed by atoms with Crippen molar-refractivity contribution >= 4 is 17.6 Å². The second kappa shape index (κ2) is 5.83. The van der Waals surface area contributed by atoms with Gasteiger partial charge in [0, 0.05) is 18.4 Å². The maximum atomic E-state index is 11.8. The number of nitrogens with one attached hydrogen (secondary N) is 1. The van der Waals surface area contributed by atoms with Gasteiger partial charge in [-0.3, -0.25) is 0 Å². The molecule has 0 aliphatic heterocycles. The van der Waals surface area contributed by atoms with Crippen LogP contribution >= 0.6 is 11.8 Å². The number of halogens is 3. The van der Waals surface area contributed by atoms with Crippen molar-refractivity contribution in [3.05, 3.63) is 18.2 Å². The summed E-state index contributed by atoms with van der Waals surface area (Å²) in [5.41, 5.74) is -4.18. The molecule has 0 saturated carbocycles. The van der Waals surface area contributed by atoms with Crippen LogP contribution in [0.1, 0.15) is 0 Å². The first-order chi connectivity index (χ1) is 7.51. The van der Waals surface area contributed by atoms with Gasteiger partial charge < -0.3 is 10.1 Å². The number of anilines is 1. The van der Waals surface area contributed by atoms with Gasteiger partial charge >= 0.3 is 5.51 Å². The normalized spacial score (nSPS) is 11.2. The third-order valence-corrected chi connectivity index (χ3v) is 2.34. The van der Waals surface area contributed by atoms with Crippen LogP contribution in [-0.4, -0.2) is 29.9 Å². The maximum absolute atomic E-state index is 11.8. The summed E-state index contributed by atoms with van der Waals surface area (Å²) in [5, 5.41) is 2.78. The van der Waals surface area contributed by atoms with E-state index >= 15 is 0 Å².